The summed E-state index contributed by atoms with van der Waals surface area (Å²) in [5.41, 5.74) is 1.38. The van der Waals surface area contributed by atoms with Crippen LogP contribution in [0.4, 0.5) is 5.69 Å². The fraction of sp³-hybridized carbons (Fsp3) is 0.632. The van der Waals surface area contributed by atoms with Crippen molar-refractivity contribution in [1.29, 1.82) is 0 Å². The molecule has 2 rings (SSSR count). The third kappa shape index (κ3) is 5.73. The molecular weight excluding hydrogens is 336 g/mol. The van der Waals surface area contributed by atoms with Gasteiger partial charge in [-0.3, -0.25) is 9.52 Å². The van der Waals surface area contributed by atoms with Gasteiger partial charge in [0.2, 0.25) is 10.0 Å². The minimum absolute atomic E-state index is 0.0934. The van der Waals surface area contributed by atoms with Crippen molar-refractivity contribution in [2.45, 2.75) is 58.9 Å². The maximum absolute atomic E-state index is 12.4. The molecule has 1 aromatic carbocycles. The number of carbonyl (C=O) groups excluding carboxylic acids is 1. The van der Waals surface area contributed by atoms with Gasteiger partial charge in [-0.1, -0.05) is 27.2 Å². The zero-order chi connectivity index (χ0) is 18.7. The summed E-state index contributed by atoms with van der Waals surface area (Å²) in [6, 6.07) is 6.74. The van der Waals surface area contributed by atoms with Gasteiger partial charge in [0.05, 0.1) is 6.26 Å². The average molecular weight is 367 g/mol. The van der Waals surface area contributed by atoms with Gasteiger partial charge in [-0.15, -0.1) is 0 Å². The highest BCUT2D eigenvalue weighted by atomic mass is 32.2. The van der Waals surface area contributed by atoms with Crippen LogP contribution in [0, 0.1) is 11.3 Å². The first-order valence-electron chi connectivity index (χ1n) is 8.99. The first-order chi connectivity index (χ1) is 11.6. The molecule has 0 aromatic heterocycles. The van der Waals surface area contributed by atoms with Crippen molar-refractivity contribution in [3.8, 4) is 0 Å². The van der Waals surface area contributed by atoms with E-state index in [1.54, 1.807) is 24.3 Å². The average Bonchev–Trinajstić information content (AvgIpc) is 2.54. The normalized spacial score (nSPS) is 21.6. The largest absolute Gasteiger partial charge is 0.349 e. The van der Waals surface area contributed by atoms with Gasteiger partial charge in [-0.05, 0) is 61.3 Å². The van der Waals surface area contributed by atoms with Crippen LogP contribution >= 0.6 is 0 Å². The van der Waals surface area contributed by atoms with Gasteiger partial charge in [0.25, 0.3) is 5.91 Å². The third-order valence-corrected chi connectivity index (χ3v) is 6.14. The number of sulfonamides is 1. The van der Waals surface area contributed by atoms with Gasteiger partial charge >= 0.3 is 0 Å². The van der Waals surface area contributed by atoms with Gasteiger partial charge in [0.1, 0.15) is 0 Å². The minimum Gasteiger partial charge on any atom is -0.349 e. The molecule has 5 nitrogen and oxygen atoms in total. The van der Waals surface area contributed by atoms with E-state index in [0.717, 1.165) is 37.9 Å². The standard InChI is InChI=1S/C19H30N2O3S/c1-5-19(2,3)15-8-12-16(13-9-15)20-18(22)14-6-10-17(11-7-14)21-25(4,23)24/h6-7,10-11,15-16,21H,5,8-9,12-13H2,1-4H3,(H,20,22). The van der Waals surface area contributed by atoms with Crippen LogP contribution < -0.4 is 10.0 Å². The molecule has 25 heavy (non-hydrogen) atoms. The van der Waals surface area contributed by atoms with Gasteiger partial charge in [0.15, 0.2) is 0 Å². The number of hydrogen-bond acceptors (Lipinski definition) is 3. The number of carbonyl (C=O) groups is 1. The summed E-state index contributed by atoms with van der Waals surface area (Å²) in [6.07, 6.45) is 6.64. The van der Waals surface area contributed by atoms with E-state index < -0.39 is 10.0 Å². The van der Waals surface area contributed by atoms with Crippen molar-refractivity contribution in [3.63, 3.8) is 0 Å². The fourth-order valence-electron chi connectivity index (χ4n) is 3.48. The summed E-state index contributed by atoms with van der Waals surface area (Å²) in [5, 5.41) is 3.12. The van der Waals surface area contributed by atoms with Crippen LogP contribution in [0.15, 0.2) is 24.3 Å². The van der Waals surface area contributed by atoms with E-state index in [9.17, 15) is 13.2 Å². The van der Waals surface area contributed by atoms with Gasteiger partial charge in [-0.2, -0.15) is 0 Å². The molecule has 1 aromatic rings. The number of nitrogens with one attached hydrogen (secondary N) is 2. The number of benzene rings is 1. The molecular formula is C19H30N2O3S. The second-order valence-electron chi connectivity index (χ2n) is 7.82. The molecule has 1 amide bonds. The Hall–Kier alpha value is -1.56. The molecule has 1 saturated carbocycles. The monoisotopic (exact) mass is 366 g/mol. The van der Waals surface area contributed by atoms with Gasteiger partial charge in [-0.25, -0.2) is 8.42 Å². The number of hydrogen-bond donors (Lipinski definition) is 2. The Morgan fingerprint density at radius 1 is 1.12 bits per heavy atom. The summed E-state index contributed by atoms with van der Waals surface area (Å²) in [5.74, 6) is 0.635. The zero-order valence-corrected chi connectivity index (χ0v) is 16.4. The number of rotatable bonds is 6. The van der Waals surface area contributed by atoms with Crippen LogP contribution in [0.2, 0.25) is 0 Å². The molecule has 0 heterocycles. The molecule has 0 unspecified atom stereocenters. The van der Waals surface area contributed by atoms with Gasteiger partial charge < -0.3 is 5.32 Å². The smallest absolute Gasteiger partial charge is 0.251 e. The zero-order valence-electron chi connectivity index (χ0n) is 15.6. The summed E-state index contributed by atoms with van der Waals surface area (Å²) in [4.78, 5) is 12.4. The Balaban J connectivity index is 1.89. The number of anilines is 1. The van der Waals surface area contributed by atoms with Crippen LogP contribution in [0.5, 0.6) is 0 Å². The molecule has 0 bridgehead atoms. The van der Waals surface area contributed by atoms with E-state index in [4.69, 9.17) is 0 Å². The Morgan fingerprint density at radius 3 is 2.16 bits per heavy atom. The maximum Gasteiger partial charge on any atom is 0.251 e. The van der Waals surface area contributed by atoms with E-state index in [1.165, 1.54) is 6.42 Å². The maximum atomic E-state index is 12.4. The lowest BCUT2D eigenvalue weighted by Crippen LogP contribution is -2.39. The lowest BCUT2D eigenvalue weighted by Gasteiger charge is -2.39. The second-order valence-corrected chi connectivity index (χ2v) is 9.56. The van der Waals surface area contributed by atoms with Crippen molar-refractivity contribution in [1.82, 2.24) is 5.32 Å². The summed E-state index contributed by atoms with van der Waals surface area (Å²) in [6.45, 7) is 6.92. The number of amides is 1. The summed E-state index contributed by atoms with van der Waals surface area (Å²) < 4.78 is 24.8. The van der Waals surface area contributed by atoms with Crippen LogP contribution in [0.3, 0.4) is 0 Å². The lowest BCUT2D eigenvalue weighted by atomic mass is 9.69. The first-order valence-corrected chi connectivity index (χ1v) is 10.9. The molecule has 0 radical (unpaired) electrons. The predicted octanol–water partition coefficient (Wildman–Crippen LogP) is 3.78. The SMILES string of the molecule is CCC(C)(C)C1CCC(NC(=O)c2ccc(NS(C)(=O)=O)cc2)CC1. The molecule has 0 aliphatic heterocycles. The van der Waals surface area contributed by atoms with Gasteiger partial charge in [0, 0.05) is 17.3 Å². The van der Waals surface area contributed by atoms with E-state index in [-0.39, 0.29) is 11.9 Å². The molecule has 0 atom stereocenters. The van der Waals surface area contributed by atoms with Crippen LogP contribution in [0.1, 0.15) is 63.2 Å². The highest BCUT2D eigenvalue weighted by Crippen LogP contribution is 2.40. The Morgan fingerprint density at radius 2 is 1.68 bits per heavy atom. The molecule has 0 spiro atoms. The second kappa shape index (κ2) is 7.77. The first kappa shape index (κ1) is 19.8. The van der Waals surface area contributed by atoms with Crippen LogP contribution in [-0.4, -0.2) is 26.6 Å². The Labute approximate surface area is 151 Å². The predicted molar refractivity (Wildman–Crippen MR) is 102 cm³/mol. The molecule has 0 saturated heterocycles. The quantitative estimate of drug-likeness (QED) is 0.804. The Kier molecular flexibility index (Phi) is 6.14. The van der Waals surface area contributed by atoms with Crippen molar-refractivity contribution in [3.05, 3.63) is 29.8 Å². The highest BCUT2D eigenvalue weighted by Gasteiger charge is 2.32. The minimum atomic E-state index is -3.30. The van der Waals surface area contributed by atoms with Crippen molar-refractivity contribution in [2.75, 3.05) is 11.0 Å². The molecule has 1 aliphatic carbocycles. The molecule has 2 N–H and O–H groups in total. The molecule has 1 fully saturated rings. The fourth-order valence-corrected chi connectivity index (χ4v) is 4.04. The molecule has 6 heteroatoms. The molecule has 140 valence electrons. The third-order valence-electron chi connectivity index (χ3n) is 5.53. The summed E-state index contributed by atoms with van der Waals surface area (Å²) >= 11 is 0. The topological polar surface area (TPSA) is 75.3 Å². The van der Waals surface area contributed by atoms with E-state index in [1.807, 2.05) is 0 Å². The van der Waals surface area contributed by atoms with Crippen molar-refractivity contribution >= 4 is 21.6 Å². The Bertz CT molecular complexity index is 688. The summed E-state index contributed by atoms with van der Waals surface area (Å²) in [7, 11) is -3.30. The van der Waals surface area contributed by atoms with E-state index in [0.29, 0.717) is 16.7 Å². The van der Waals surface area contributed by atoms with E-state index >= 15 is 0 Å². The van der Waals surface area contributed by atoms with Crippen molar-refractivity contribution < 1.29 is 13.2 Å². The van der Waals surface area contributed by atoms with Crippen LogP contribution in [0.25, 0.3) is 0 Å². The van der Waals surface area contributed by atoms with Crippen LogP contribution in [-0.2, 0) is 10.0 Å². The van der Waals surface area contributed by atoms with E-state index in [2.05, 4.69) is 30.8 Å². The van der Waals surface area contributed by atoms with Crippen molar-refractivity contribution in [2.24, 2.45) is 11.3 Å². The molecule has 1 aliphatic rings. The lowest BCUT2D eigenvalue weighted by molar-refractivity contribution is 0.0893. The highest BCUT2D eigenvalue weighted by molar-refractivity contribution is 7.92.